The Morgan fingerprint density at radius 1 is 1.40 bits per heavy atom. The Hall–Kier alpha value is -1.99. The van der Waals surface area contributed by atoms with Gasteiger partial charge in [0.25, 0.3) is 5.91 Å². The SMILES string of the molecule is COCCOCCNC(=O)c1c(C)nn2cccnc12. The van der Waals surface area contributed by atoms with Gasteiger partial charge in [-0.25, -0.2) is 9.50 Å². The molecule has 0 aliphatic carbocycles. The molecular weight excluding hydrogens is 260 g/mol. The topological polar surface area (TPSA) is 77.8 Å². The number of carbonyl (C=O) groups is 1. The van der Waals surface area contributed by atoms with Crippen molar-refractivity contribution in [3.8, 4) is 0 Å². The van der Waals surface area contributed by atoms with Gasteiger partial charge in [-0.3, -0.25) is 4.79 Å². The van der Waals surface area contributed by atoms with Crippen molar-refractivity contribution < 1.29 is 14.3 Å². The van der Waals surface area contributed by atoms with Gasteiger partial charge in [0.05, 0.1) is 25.5 Å². The Labute approximate surface area is 116 Å². The molecule has 0 unspecified atom stereocenters. The second-order valence-electron chi connectivity index (χ2n) is 4.21. The number of rotatable bonds is 7. The summed E-state index contributed by atoms with van der Waals surface area (Å²) >= 11 is 0. The summed E-state index contributed by atoms with van der Waals surface area (Å²) in [5.74, 6) is -0.188. The van der Waals surface area contributed by atoms with Crippen molar-refractivity contribution in [2.75, 3.05) is 33.5 Å². The van der Waals surface area contributed by atoms with Gasteiger partial charge in [-0.2, -0.15) is 5.10 Å². The lowest BCUT2D eigenvalue weighted by Gasteiger charge is -2.05. The van der Waals surface area contributed by atoms with Crippen LogP contribution in [0.15, 0.2) is 18.5 Å². The van der Waals surface area contributed by atoms with Crippen LogP contribution in [0.5, 0.6) is 0 Å². The third-order valence-corrected chi connectivity index (χ3v) is 2.76. The summed E-state index contributed by atoms with van der Waals surface area (Å²) in [5, 5.41) is 7.05. The van der Waals surface area contributed by atoms with E-state index in [1.165, 1.54) is 0 Å². The number of fused-ring (bicyclic) bond motifs is 1. The van der Waals surface area contributed by atoms with Crippen LogP contribution < -0.4 is 5.32 Å². The fourth-order valence-electron chi connectivity index (χ4n) is 1.83. The molecule has 1 N–H and O–H groups in total. The van der Waals surface area contributed by atoms with Crippen molar-refractivity contribution >= 4 is 11.6 Å². The molecule has 2 aromatic heterocycles. The van der Waals surface area contributed by atoms with E-state index in [4.69, 9.17) is 9.47 Å². The van der Waals surface area contributed by atoms with E-state index >= 15 is 0 Å². The highest BCUT2D eigenvalue weighted by atomic mass is 16.5. The highest BCUT2D eigenvalue weighted by Gasteiger charge is 2.17. The number of amides is 1. The number of nitrogens with one attached hydrogen (secondary N) is 1. The molecule has 0 fully saturated rings. The van der Waals surface area contributed by atoms with Gasteiger partial charge in [0, 0.05) is 26.0 Å². The van der Waals surface area contributed by atoms with Crippen molar-refractivity contribution in [2.24, 2.45) is 0 Å². The van der Waals surface area contributed by atoms with Crippen LogP contribution in [-0.2, 0) is 9.47 Å². The fraction of sp³-hybridized carbons (Fsp3) is 0.462. The van der Waals surface area contributed by atoms with E-state index in [1.54, 1.807) is 37.0 Å². The Morgan fingerprint density at radius 3 is 3.05 bits per heavy atom. The molecule has 1 amide bonds. The van der Waals surface area contributed by atoms with Crippen molar-refractivity contribution in [2.45, 2.75) is 6.92 Å². The quantitative estimate of drug-likeness (QED) is 0.743. The van der Waals surface area contributed by atoms with Crippen molar-refractivity contribution in [3.05, 3.63) is 29.7 Å². The standard InChI is InChI=1S/C13H18N4O3/c1-10-11(12-14-4-3-6-17(12)16-10)13(18)15-5-7-20-9-8-19-2/h3-4,6H,5,7-9H2,1-2H3,(H,15,18). The van der Waals surface area contributed by atoms with Crippen LogP contribution in [0.2, 0.25) is 0 Å². The smallest absolute Gasteiger partial charge is 0.257 e. The monoisotopic (exact) mass is 278 g/mol. The molecule has 0 radical (unpaired) electrons. The van der Waals surface area contributed by atoms with E-state index < -0.39 is 0 Å². The Balaban J connectivity index is 1.93. The molecule has 0 saturated carbocycles. The highest BCUT2D eigenvalue weighted by molar-refractivity contribution is 6.00. The normalized spacial score (nSPS) is 10.9. The average Bonchev–Trinajstić information content (AvgIpc) is 2.78. The van der Waals surface area contributed by atoms with Gasteiger partial charge < -0.3 is 14.8 Å². The number of methoxy groups -OCH3 is 1. The Morgan fingerprint density at radius 2 is 2.25 bits per heavy atom. The predicted octanol–water partition coefficient (Wildman–Crippen LogP) is 0.431. The number of aromatic nitrogens is 3. The molecule has 108 valence electrons. The lowest BCUT2D eigenvalue weighted by atomic mass is 10.2. The van der Waals surface area contributed by atoms with Gasteiger partial charge >= 0.3 is 0 Å². The maximum Gasteiger partial charge on any atom is 0.257 e. The van der Waals surface area contributed by atoms with Gasteiger partial charge in [-0.1, -0.05) is 0 Å². The molecule has 0 aliphatic rings. The van der Waals surface area contributed by atoms with Gasteiger partial charge in [0.15, 0.2) is 5.65 Å². The van der Waals surface area contributed by atoms with E-state index in [0.29, 0.717) is 43.3 Å². The Kier molecular flexibility index (Phi) is 5.03. The summed E-state index contributed by atoms with van der Waals surface area (Å²) in [7, 11) is 1.62. The maximum absolute atomic E-state index is 12.1. The first-order valence-electron chi connectivity index (χ1n) is 6.39. The second kappa shape index (κ2) is 6.97. The van der Waals surface area contributed by atoms with Crippen molar-refractivity contribution in [3.63, 3.8) is 0 Å². The van der Waals surface area contributed by atoms with Gasteiger partial charge in [0.1, 0.15) is 5.56 Å². The first kappa shape index (κ1) is 14.4. The Bertz CT molecular complexity index is 582. The third-order valence-electron chi connectivity index (χ3n) is 2.76. The summed E-state index contributed by atoms with van der Waals surface area (Å²) < 4.78 is 11.7. The van der Waals surface area contributed by atoms with Gasteiger partial charge in [-0.05, 0) is 13.0 Å². The fourth-order valence-corrected chi connectivity index (χ4v) is 1.83. The van der Waals surface area contributed by atoms with Crippen molar-refractivity contribution in [1.29, 1.82) is 0 Å². The van der Waals surface area contributed by atoms with Crippen LogP contribution >= 0.6 is 0 Å². The van der Waals surface area contributed by atoms with E-state index in [-0.39, 0.29) is 5.91 Å². The molecule has 2 rings (SSSR count). The number of hydrogen-bond donors (Lipinski definition) is 1. The lowest BCUT2D eigenvalue weighted by Crippen LogP contribution is -2.28. The van der Waals surface area contributed by atoms with Crippen LogP contribution in [0.4, 0.5) is 0 Å². The molecule has 2 aromatic rings. The first-order valence-corrected chi connectivity index (χ1v) is 6.39. The van der Waals surface area contributed by atoms with Crippen LogP contribution in [0.1, 0.15) is 16.1 Å². The minimum absolute atomic E-state index is 0.188. The highest BCUT2D eigenvalue weighted by Crippen LogP contribution is 2.12. The zero-order valence-electron chi connectivity index (χ0n) is 11.6. The molecule has 20 heavy (non-hydrogen) atoms. The molecule has 0 bridgehead atoms. The maximum atomic E-state index is 12.1. The van der Waals surface area contributed by atoms with Gasteiger partial charge in [0.2, 0.25) is 0 Å². The summed E-state index contributed by atoms with van der Waals surface area (Å²) in [6.45, 7) is 3.74. The summed E-state index contributed by atoms with van der Waals surface area (Å²) in [6.07, 6.45) is 3.40. The number of carbonyl (C=O) groups excluding carboxylic acids is 1. The van der Waals surface area contributed by atoms with Crippen molar-refractivity contribution in [1.82, 2.24) is 19.9 Å². The average molecular weight is 278 g/mol. The molecule has 7 heteroatoms. The molecule has 7 nitrogen and oxygen atoms in total. The lowest BCUT2D eigenvalue weighted by molar-refractivity contribution is 0.0693. The second-order valence-corrected chi connectivity index (χ2v) is 4.21. The van der Waals surface area contributed by atoms with E-state index in [0.717, 1.165) is 0 Å². The molecule has 0 atom stereocenters. The summed E-state index contributed by atoms with van der Waals surface area (Å²) in [5.41, 5.74) is 1.71. The molecule has 0 spiro atoms. The van der Waals surface area contributed by atoms with Crippen LogP contribution in [-0.4, -0.2) is 54.0 Å². The third kappa shape index (κ3) is 3.31. The van der Waals surface area contributed by atoms with Crippen LogP contribution in [0.25, 0.3) is 5.65 Å². The number of hydrogen-bond acceptors (Lipinski definition) is 5. The zero-order chi connectivity index (χ0) is 14.4. The predicted molar refractivity (Wildman–Crippen MR) is 72.8 cm³/mol. The molecule has 0 saturated heterocycles. The molecule has 2 heterocycles. The number of ether oxygens (including phenoxy) is 2. The number of nitrogens with zero attached hydrogens (tertiary/aromatic N) is 3. The van der Waals surface area contributed by atoms with E-state index in [9.17, 15) is 4.79 Å². The van der Waals surface area contributed by atoms with Gasteiger partial charge in [-0.15, -0.1) is 0 Å². The minimum Gasteiger partial charge on any atom is -0.382 e. The zero-order valence-corrected chi connectivity index (χ0v) is 11.6. The largest absolute Gasteiger partial charge is 0.382 e. The van der Waals surface area contributed by atoms with Crippen LogP contribution in [0.3, 0.4) is 0 Å². The minimum atomic E-state index is -0.188. The van der Waals surface area contributed by atoms with E-state index in [1.807, 2.05) is 0 Å². The summed E-state index contributed by atoms with van der Waals surface area (Å²) in [4.78, 5) is 16.3. The first-order chi connectivity index (χ1) is 9.74. The van der Waals surface area contributed by atoms with E-state index in [2.05, 4.69) is 15.4 Å². The molecular formula is C13H18N4O3. The summed E-state index contributed by atoms with van der Waals surface area (Å²) in [6, 6.07) is 1.77. The van der Waals surface area contributed by atoms with Crippen LogP contribution in [0, 0.1) is 6.92 Å². The number of aryl methyl sites for hydroxylation is 1. The molecule has 0 aliphatic heterocycles. The molecule has 0 aromatic carbocycles.